The molecule has 0 fully saturated rings. The molecule has 2 heterocycles. The molecule has 0 bridgehead atoms. The lowest BCUT2D eigenvalue weighted by Crippen LogP contribution is -2.34. The third kappa shape index (κ3) is 4.18. The third-order valence-electron chi connectivity index (χ3n) is 4.22. The molecule has 2 aromatic heterocycles. The van der Waals surface area contributed by atoms with Gasteiger partial charge in [0.2, 0.25) is 0 Å². The molecule has 5 nitrogen and oxygen atoms in total. The summed E-state index contributed by atoms with van der Waals surface area (Å²) in [5.74, 6) is 0.499. The predicted octanol–water partition coefficient (Wildman–Crippen LogP) is 4.61. The molecule has 1 amide bonds. The lowest BCUT2D eigenvalue weighted by Gasteiger charge is -2.19. The van der Waals surface area contributed by atoms with Gasteiger partial charge in [-0.2, -0.15) is 0 Å². The van der Waals surface area contributed by atoms with E-state index in [1.807, 2.05) is 67.6 Å². The number of rotatable bonds is 6. The minimum atomic E-state index is -0.162. The van der Waals surface area contributed by atoms with E-state index in [2.05, 4.69) is 16.0 Å². The van der Waals surface area contributed by atoms with Crippen LogP contribution >= 0.6 is 11.3 Å². The SMILES string of the molecule is Cc1ccc2nc(N(Cc3ccccn3)C(=O)COc3ccccc3)sc2c1. The van der Waals surface area contributed by atoms with Gasteiger partial charge < -0.3 is 4.74 Å². The molecule has 28 heavy (non-hydrogen) atoms. The van der Waals surface area contributed by atoms with E-state index in [0.717, 1.165) is 21.5 Å². The predicted molar refractivity (Wildman–Crippen MR) is 112 cm³/mol. The van der Waals surface area contributed by atoms with Crippen LogP contribution in [0, 0.1) is 6.92 Å². The van der Waals surface area contributed by atoms with Crippen LogP contribution in [0.15, 0.2) is 72.9 Å². The van der Waals surface area contributed by atoms with Gasteiger partial charge in [-0.25, -0.2) is 4.98 Å². The van der Waals surface area contributed by atoms with Crippen LogP contribution in [0.25, 0.3) is 10.2 Å². The topological polar surface area (TPSA) is 55.3 Å². The second-order valence-corrected chi connectivity index (χ2v) is 7.38. The summed E-state index contributed by atoms with van der Waals surface area (Å²) in [6, 6.07) is 21.1. The first kappa shape index (κ1) is 18.1. The van der Waals surface area contributed by atoms with Crippen molar-refractivity contribution in [2.45, 2.75) is 13.5 Å². The number of hydrogen-bond donors (Lipinski definition) is 0. The Morgan fingerprint density at radius 2 is 1.89 bits per heavy atom. The Labute approximate surface area is 167 Å². The fraction of sp³-hybridized carbons (Fsp3) is 0.136. The average molecular weight is 389 g/mol. The van der Waals surface area contributed by atoms with Crippen molar-refractivity contribution in [2.75, 3.05) is 11.5 Å². The summed E-state index contributed by atoms with van der Waals surface area (Å²) in [6.07, 6.45) is 1.72. The Morgan fingerprint density at radius 3 is 2.68 bits per heavy atom. The van der Waals surface area contributed by atoms with E-state index in [1.54, 1.807) is 11.1 Å². The Kier molecular flexibility index (Phi) is 5.30. The minimum Gasteiger partial charge on any atom is -0.484 e. The largest absolute Gasteiger partial charge is 0.484 e. The van der Waals surface area contributed by atoms with Crippen LogP contribution in [0.2, 0.25) is 0 Å². The van der Waals surface area contributed by atoms with Crippen LogP contribution < -0.4 is 9.64 Å². The molecule has 2 aromatic carbocycles. The zero-order valence-corrected chi connectivity index (χ0v) is 16.2. The summed E-state index contributed by atoms with van der Waals surface area (Å²) >= 11 is 1.50. The number of aryl methyl sites for hydroxylation is 1. The van der Waals surface area contributed by atoms with Gasteiger partial charge >= 0.3 is 0 Å². The number of nitrogens with zero attached hydrogens (tertiary/aromatic N) is 3. The summed E-state index contributed by atoms with van der Waals surface area (Å²) in [6.45, 7) is 2.33. The van der Waals surface area contributed by atoms with Gasteiger partial charge in [-0.15, -0.1) is 0 Å². The highest BCUT2D eigenvalue weighted by molar-refractivity contribution is 7.22. The highest BCUT2D eigenvalue weighted by Gasteiger charge is 2.21. The van der Waals surface area contributed by atoms with E-state index in [1.165, 1.54) is 11.3 Å². The number of hydrogen-bond acceptors (Lipinski definition) is 5. The average Bonchev–Trinajstić information content (AvgIpc) is 3.14. The first-order valence-corrected chi connectivity index (χ1v) is 9.76. The van der Waals surface area contributed by atoms with Crippen LogP contribution in [0.4, 0.5) is 5.13 Å². The molecule has 0 saturated carbocycles. The maximum absolute atomic E-state index is 13.0. The first-order chi connectivity index (χ1) is 13.7. The fourth-order valence-corrected chi connectivity index (χ4v) is 3.87. The van der Waals surface area contributed by atoms with E-state index in [9.17, 15) is 4.79 Å². The van der Waals surface area contributed by atoms with E-state index in [0.29, 0.717) is 17.4 Å². The highest BCUT2D eigenvalue weighted by Crippen LogP contribution is 2.30. The summed E-state index contributed by atoms with van der Waals surface area (Å²) in [4.78, 5) is 23.7. The molecule has 0 unspecified atom stereocenters. The zero-order valence-electron chi connectivity index (χ0n) is 15.4. The van der Waals surface area contributed by atoms with Gasteiger partial charge in [-0.1, -0.05) is 41.7 Å². The smallest absolute Gasteiger partial charge is 0.267 e. The number of ether oxygens (including phenoxy) is 1. The van der Waals surface area contributed by atoms with Gasteiger partial charge in [0.15, 0.2) is 11.7 Å². The number of anilines is 1. The Balaban J connectivity index is 1.61. The van der Waals surface area contributed by atoms with Crippen LogP contribution in [0.5, 0.6) is 5.75 Å². The number of carbonyl (C=O) groups excluding carboxylic acids is 1. The van der Waals surface area contributed by atoms with Gasteiger partial charge in [0, 0.05) is 6.20 Å². The fourth-order valence-electron chi connectivity index (χ4n) is 2.79. The van der Waals surface area contributed by atoms with Gasteiger partial charge in [0.25, 0.3) is 5.91 Å². The summed E-state index contributed by atoms with van der Waals surface area (Å²) in [5.41, 5.74) is 2.84. The summed E-state index contributed by atoms with van der Waals surface area (Å²) in [7, 11) is 0. The molecular formula is C22H19N3O2S. The monoisotopic (exact) mass is 389 g/mol. The van der Waals surface area contributed by atoms with Crippen molar-refractivity contribution in [3.63, 3.8) is 0 Å². The number of fused-ring (bicyclic) bond motifs is 1. The van der Waals surface area contributed by atoms with E-state index < -0.39 is 0 Å². The van der Waals surface area contributed by atoms with Gasteiger partial charge in [-0.05, 0) is 48.9 Å². The molecule has 0 N–H and O–H groups in total. The molecule has 0 aliphatic rings. The Morgan fingerprint density at radius 1 is 1.07 bits per heavy atom. The van der Waals surface area contributed by atoms with Gasteiger partial charge in [-0.3, -0.25) is 14.7 Å². The molecule has 4 rings (SSSR count). The normalized spacial score (nSPS) is 10.8. The van der Waals surface area contributed by atoms with Gasteiger partial charge in [0.1, 0.15) is 5.75 Å². The minimum absolute atomic E-state index is 0.0637. The molecule has 4 aromatic rings. The number of aromatic nitrogens is 2. The molecule has 0 spiro atoms. The first-order valence-electron chi connectivity index (χ1n) is 8.94. The maximum Gasteiger partial charge on any atom is 0.267 e. The van der Waals surface area contributed by atoms with Crippen LogP contribution in [0.3, 0.4) is 0 Å². The molecular weight excluding hydrogens is 370 g/mol. The lowest BCUT2D eigenvalue weighted by atomic mass is 10.2. The van der Waals surface area contributed by atoms with E-state index in [-0.39, 0.29) is 12.5 Å². The van der Waals surface area contributed by atoms with Crippen molar-refractivity contribution in [2.24, 2.45) is 0 Å². The molecule has 0 atom stereocenters. The lowest BCUT2D eigenvalue weighted by molar-refractivity contribution is -0.120. The van der Waals surface area contributed by atoms with Crippen molar-refractivity contribution in [3.05, 3.63) is 84.2 Å². The number of carbonyl (C=O) groups is 1. The van der Waals surface area contributed by atoms with Gasteiger partial charge in [0.05, 0.1) is 22.5 Å². The Bertz CT molecular complexity index is 1080. The zero-order chi connectivity index (χ0) is 19.3. The number of para-hydroxylation sites is 1. The molecule has 0 aliphatic heterocycles. The number of amides is 1. The number of thiazole rings is 1. The highest BCUT2D eigenvalue weighted by atomic mass is 32.1. The summed E-state index contributed by atoms with van der Waals surface area (Å²) < 4.78 is 6.72. The van der Waals surface area contributed by atoms with Crippen molar-refractivity contribution in [3.8, 4) is 5.75 Å². The quantitative estimate of drug-likeness (QED) is 0.483. The second kappa shape index (κ2) is 8.19. The van der Waals surface area contributed by atoms with Crippen molar-refractivity contribution >= 4 is 32.6 Å². The summed E-state index contributed by atoms with van der Waals surface area (Å²) in [5, 5.41) is 0.646. The van der Waals surface area contributed by atoms with E-state index >= 15 is 0 Å². The molecule has 0 saturated heterocycles. The van der Waals surface area contributed by atoms with Crippen LogP contribution in [0.1, 0.15) is 11.3 Å². The van der Waals surface area contributed by atoms with Crippen molar-refractivity contribution in [1.29, 1.82) is 0 Å². The second-order valence-electron chi connectivity index (χ2n) is 6.37. The standard InChI is InChI=1S/C22H19N3O2S/c1-16-10-11-19-20(13-16)28-22(24-19)25(14-17-7-5-6-12-23-17)21(26)15-27-18-8-3-2-4-9-18/h2-13H,14-15H2,1H3. The molecule has 6 heteroatoms. The molecule has 0 aliphatic carbocycles. The number of benzene rings is 2. The molecule has 0 radical (unpaired) electrons. The van der Waals surface area contributed by atoms with Crippen LogP contribution in [-0.2, 0) is 11.3 Å². The van der Waals surface area contributed by atoms with Crippen molar-refractivity contribution in [1.82, 2.24) is 9.97 Å². The maximum atomic E-state index is 13.0. The van der Waals surface area contributed by atoms with Crippen LogP contribution in [-0.4, -0.2) is 22.5 Å². The number of pyridine rings is 1. The Hall–Kier alpha value is -3.25. The van der Waals surface area contributed by atoms with Crippen molar-refractivity contribution < 1.29 is 9.53 Å². The third-order valence-corrected chi connectivity index (χ3v) is 5.26. The van der Waals surface area contributed by atoms with E-state index in [4.69, 9.17) is 4.74 Å². The molecule has 140 valence electrons.